The molecule has 6 nitrogen and oxygen atoms in total. The zero-order valence-electron chi connectivity index (χ0n) is 15.3. The van der Waals surface area contributed by atoms with Gasteiger partial charge in [-0.2, -0.15) is 10.2 Å². The fraction of sp³-hybridized carbons (Fsp3) is 0.0909. The Morgan fingerprint density at radius 2 is 1.43 bits per heavy atom. The normalized spacial score (nSPS) is 10.6. The van der Waals surface area contributed by atoms with Crippen molar-refractivity contribution in [1.29, 1.82) is 0 Å². The number of hydrogen-bond acceptors (Lipinski definition) is 5. The molecule has 0 aliphatic heterocycles. The first-order chi connectivity index (χ1) is 13.6. The predicted octanol–water partition coefficient (Wildman–Crippen LogP) is 5.32. The van der Waals surface area contributed by atoms with Crippen LogP contribution in [0.4, 0.5) is 17.1 Å². The van der Waals surface area contributed by atoms with E-state index in [1.165, 1.54) is 6.92 Å². The third-order valence-electron chi connectivity index (χ3n) is 3.82. The molecule has 28 heavy (non-hydrogen) atoms. The number of hydrogen-bond donors (Lipinski definition) is 1. The molecule has 0 aliphatic rings. The van der Waals surface area contributed by atoms with Crippen LogP contribution in [0.5, 0.6) is 5.75 Å². The number of amides is 1. The average molecular weight is 373 g/mol. The molecular weight excluding hydrogens is 354 g/mol. The smallest absolute Gasteiger partial charge is 0.262 e. The predicted molar refractivity (Wildman–Crippen MR) is 108 cm³/mol. The Morgan fingerprint density at radius 3 is 2.04 bits per heavy atom. The van der Waals surface area contributed by atoms with Gasteiger partial charge in [-0.3, -0.25) is 9.59 Å². The molecule has 1 amide bonds. The molecular formula is C22H19N3O3. The summed E-state index contributed by atoms with van der Waals surface area (Å²) in [5.74, 6) is 0.224. The van der Waals surface area contributed by atoms with Crippen LogP contribution in [0.25, 0.3) is 0 Å². The van der Waals surface area contributed by atoms with Gasteiger partial charge in [0.2, 0.25) is 0 Å². The molecule has 0 heterocycles. The number of carbonyl (C=O) groups is 2. The third kappa shape index (κ3) is 5.60. The van der Waals surface area contributed by atoms with Gasteiger partial charge in [-0.25, -0.2) is 0 Å². The van der Waals surface area contributed by atoms with Gasteiger partial charge >= 0.3 is 0 Å². The van der Waals surface area contributed by atoms with E-state index in [1.807, 2.05) is 30.3 Å². The summed E-state index contributed by atoms with van der Waals surface area (Å²) in [4.78, 5) is 23.3. The Hall–Kier alpha value is -3.80. The van der Waals surface area contributed by atoms with Crippen LogP contribution in [-0.2, 0) is 4.79 Å². The second-order valence-corrected chi connectivity index (χ2v) is 6.00. The van der Waals surface area contributed by atoms with E-state index in [0.717, 1.165) is 5.69 Å². The number of nitrogens with one attached hydrogen (secondary N) is 1. The molecule has 6 heteroatoms. The lowest BCUT2D eigenvalue weighted by atomic mass is 10.1. The van der Waals surface area contributed by atoms with Gasteiger partial charge in [0.1, 0.15) is 5.75 Å². The maximum Gasteiger partial charge on any atom is 0.262 e. The fourth-order valence-electron chi connectivity index (χ4n) is 2.35. The summed E-state index contributed by atoms with van der Waals surface area (Å²) in [7, 11) is 0. The molecule has 3 aromatic carbocycles. The lowest BCUT2D eigenvalue weighted by Gasteiger charge is -2.08. The van der Waals surface area contributed by atoms with E-state index in [9.17, 15) is 9.59 Å². The quantitative estimate of drug-likeness (QED) is 0.449. The van der Waals surface area contributed by atoms with Gasteiger partial charge in [-0.05, 0) is 67.6 Å². The van der Waals surface area contributed by atoms with E-state index in [4.69, 9.17) is 4.74 Å². The second-order valence-electron chi connectivity index (χ2n) is 6.00. The van der Waals surface area contributed by atoms with Crippen molar-refractivity contribution in [1.82, 2.24) is 0 Å². The number of ether oxygens (including phenoxy) is 1. The number of ketones is 1. The first-order valence-electron chi connectivity index (χ1n) is 8.71. The van der Waals surface area contributed by atoms with Gasteiger partial charge in [0.05, 0.1) is 11.4 Å². The second kappa shape index (κ2) is 9.23. The van der Waals surface area contributed by atoms with E-state index in [-0.39, 0.29) is 18.3 Å². The molecule has 0 radical (unpaired) electrons. The lowest BCUT2D eigenvalue weighted by Crippen LogP contribution is -2.20. The zero-order chi connectivity index (χ0) is 19.8. The fourth-order valence-corrected chi connectivity index (χ4v) is 2.35. The molecule has 0 fully saturated rings. The summed E-state index contributed by atoms with van der Waals surface area (Å²) in [5, 5.41) is 11.1. The SMILES string of the molecule is CC(=O)c1ccc(OCC(=O)Nc2ccc(N=Nc3ccccc3)cc2)cc1. The van der Waals surface area contributed by atoms with E-state index in [0.29, 0.717) is 22.7 Å². The highest BCUT2D eigenvalue weighted by molar-refractivity contribution is 5.94. The topological polar surface area (TPSA) is 80.1 Å². The molecule has 1 N–H and O–H groups in total. The summed E-state index contributed by atoms with van der Waals surface area (Å²) in [5.41, 5.74) is 2.69. The van der Waals surface area contributed by atoms with Crippen molar-refractivity contribution in [2.45, 2.75) is 6.92 Å². The van der Waals surface area contributed by atoms with Gasteiger partial charge in [-0.1, -0.05) is 18.2 Å². The first-order valence-corrected chi connectivity index (χ1v) is 8.71. The Labute approximate surface area is 162 Å². The number of anilines is 1. The Morgan fingerprint density at radius 1 is 0.821 bits per heavy atom. The molecule has 0 aromatic heterocycles. The van der Waals surface area contributed by atoms with Crippen LogP contribution in [0.1, 0.15) is 17.3 Å². The summed E-state index contributed by atoms with van der Waals surface area (Å²) < 4.78 is 5.43. The molecule has 3 aromatic rings. The van der Waals surface area contributed by atoms with Gasteiger partial charge in [-0.15, -0.1) is 0 Å². The molecule has 0 aliphatic carbocycles. The first kappa shape index (κ1) is 19.0. The maximum atomic E-state index is 12.0. The number of benzene rings is 3. The van der Waals surface area contributed by atoms with Crippen LogP contribution in [0, 0.1) is 0 Å². The van der Waals surface area contributed by atoms with Crippen LogP contribution in [0.3, 0.4) is 0 Å². The highest BCUT2D eigenvalue weighted by atomic mass is 16.5. The highest BCUT2D eigenvalue weighted by Crippen LogP contribution is 2.20. The van der Waals surface area contributed by atoms with Crippen LogP contribution in [0.15, 0.2) is 89.1 Å². The van der Waals surface area contributed by atoms with Crippen molar-refractivity contribution in [3.05, 3.63) is 84.4 Å². The molecule has 0 unspecified atom stereocenters. The summed E-state index contributed by atoms with van der Waals surface area (Å²) in [6.45, 7) is 1.37. The molecule has 0 atom stereocenters. The van der Waals surface area contributed by atoms with Gasteiger partial charge in [0.15, 0.2) is 12.4 Å². The summed E-state index contributed by atoms with van der Waals surface area (Å²) >= 11 is 0. The van der Waals surface area contributed by atoms with E-state index < -0.39 is 0 Å². The number of Topliss-reactive ketones (excluding diaryl/α,β-unsaturated/α-hetero) is 1. The van der Waals surface area contributed by atoms with Crippen molar-refractivity contribution in [2.24, 2.45) is 10.2 Å². The number of rotatable bonds is 7. The minimum atomic E-state index is -0.283. The zero-order valence-corrected chi connectivity index (χ0v) is 15.3. The molecule has 0 saturated heterocycles. The van der Waals surface area contributed by atoms with Crippen LogP contribution < -0.4 is 10.1 Å². The minimum absolute atomic E-state index is 0.0176. The van der Waals surface area contributed by atoms with Crippen LogP contribution in [0.2, 0.25) is 0 Å². The van der Waals surface area contributed by atoms with Gasteiger partial charge < -0.3 is 10.1 Å². The van der Waals surface area contributed by atoms with Gasteiger partial charge in [0.25, 0.3) is 5.91 Å². The monoisotopic (exact) mass is 373 g/mol. The van der Waals surface area contributed by atoms with Gasteiger partial charge in [0, 0.05) is 11.3 Å². The molecule has 0 bridgehead atoms. The summed E-state index contributed by atoms with van der Waals surface area (Å²) in [6, 6.07) is 23.1. The van der Waals surface area contributed by atoms with Crippen LogP contribution >= 0.6 is 0 Å². The molecule has 0 spiro atoms. The van der Waals surface area contributed by atoms with Crippen molar-refractivity contribution < 1.29 is 14.3 Å². The molecule has 3 rings (SSSR count). The number of carbonyl (C=O) groups excluding carboxylic acids is 2. The Bertz CT molecular complexity index is 966. The lowest BCUT2D eigenvalue weighted by molar-refractivity contribution is -0.118. The van der Waals surface area contributed by atoms with E-state index in [2.05, 4.69) is 15.5 Å². The number of azo groups is 1. The Balaban J connectivity index is 1.50. The number of nitrogens with zero attached hydrogens (tertiary/aromatic N) is 2. The summed E-state index contributed by atoms with van der Waals surface area (Å²) in [6.07, 6.45) is 0. The Kier molecular flexibility index (Phi) is 6.25. The molecule has 140 valence electrons. The van der Waals surface area contributed by atoms with Crippen molar-refractivity contribution >= 4 is 28.8 Å². The van der Waals surface area contributed by atoms with E-state index in [1.54, 1.807) is 48.5 Å². The van der Waals surface area contributed by atoms with Crippen molar-refractivity contribution in [3.63, 3.8) is 0 Å². The van der Waals surface area contributed by atoms with Crippen molar-refractivity contribution in [3.8, 4) is 5.75 Å². The third-order valence-corrected chi connectivity index (χ3v) is 3.82. The van der Waals surface area contributed by atoms with Crippen LogP contribution in [-0.4, -0.2) is 18.3 Å². The van der Waals surface area contributed by atoms with Crippen molar-refractivity contribution in [2.75, 3.05) is 11.9 Å². The van der Waals surface area contributed by atoms with E-state index >= 15 is 0 Å². The standard InChI is InChI=1S/C22H19N3O3/c1-16(26)17-7-13-21(14-8-17)28-15-22(27)23-18-9-11-20(12-10-18)25-24-19-5-3-2-4-6-19/h2-14H,15H2,1H3,(H,23,27). The molecule has 0 saturated carbocycles. The maximum absolute atomic E-state index is 12.0. The average Bonchev–Trinajstić information content (AvgIpc) is 2.73. The minimum Gasteiger partial charge on any atom is -0.484 e. The highest BCUT2D eigenvalue weighted by Gasteiger charge is 2.05. The largest absolute Gasteiger partial charge is 0.484 e.